The van der Waals surface area contributed by atoms with Gasteiger partial charge in [-0.05, 0) is 48.2 Å². The maximum absolute atomic E-state index is 13.9. The second kappa shape index (κ2) is 14.5. The molecule has 0 bridgehead atoms. The van der Waals surface area contributed by atoms with Crippen molar-refractivity contribution in [2.75, 3.05) is 32.1 Å². The zero-order chi connectivity index (χ0) is 32.0. The van der Waals surface area contributed by atoms with Gasteiger partial charge in [0, 0.05) is 55.5 Å². The average molecular weight is 629 g/mol. The highest BCUT2D eigenvalue weighted by Gasteiger charge is 2.28. The Hall–Kier alpha value is -3.92. The minimum atomic E-state index is -4.00. The van der Waals surface area contributed by atoms with Gasteiger partial charge in [-0.2, -0.15) is 0 Å². The molecule has 3 N–H and O–H groups in total. The van der Waals surface area contributed by atoms with Crippen LogP contribution in [0.5, 0.6) is 5.75 Å². The minimum absolute atomic E-state index is 0.0541. The monoisotopic (exact) mass is 628 g/mol. The van der Waals surface area contributed by atoms with Crippen molar-refractivity contribution in [1.29, 1.82) is 0 Å². The first-order valence-corrected chi connectivity index (χ1v) is 17.1. The molecule has 1 aliphatic rings. The molecule has 0 saturated carbocycles. The number of fused-ring (bicyclic) bond motifs is 2. The van der Waals surface area contributed by atoms with E-state index in [4.69, 9.17) is 4.74 Å². The van der Waals surface area contributed by atoms with Crippen LogP contribution in [0.25, 0.3) is 10.8 Å². The highest BCUT2D eigenvalue weighted by molar-refractivity contribution is 7.89. The number of hydrogen-bond acceptors (Lipinski definition) is 6. The Labute approximate surface area is 267 Å². The molecule has 0 fully saturated rings. The lowest BCUT2D eigenvalue weighted by atomic mass is 9.98. The molecule has 9 heteroatoms. The number of carbonyl (C=O) groups excluding carboxylic acids is 1. The molecule has 45 heavy (non-hydrogen) atoms. The van der Waals surface area contributed by atoms with Crippen LogP contribution in [-0.2, 0) is 21.4 Å². The largest absolute Gasteiger partial charge is 0.493 e. The van der Waals surface area contributed by atoms with Gasteiger partial charge in [0.2, 0.25) is 15.9 Å². The van der Waals surface area contributed by atoms with E-state index in [1.54, 1.807) is 12.1 Å². The van der Waals surface area contributed by atoms with Crippen LogP contribution in [0.1, 0.15) is 61.9 Å². The van der Waals surface area contributed by atoms with Crippen LogP contribution in [0.2, 0.25) is 0 Å². The van der Waals surface area contributed by atoms with Crippen LogP contribution in [0, 0.1) is 5.92 Å². The summed E-state index contributed by atoms with van der Waals surface area (Å²) >= 11 is 0. The lowest BCUT2D eigenvalue weighted by Gasteiger charge is -2.28. The Morgan fingerprint density at radius 2 is 1.71 bits per heavy atom. The number of carbonyl (C=O) groups is 1. The molecule has 1 aliphatic heterocycles. The number of amides is 1. The third kappa shape index (κ3) is 8.03. The zero-order valence-corrected chi connectivity index (χ0v) is 27.4. The van der Waals surface area contributed by atoms with Crippen LogP contribution in [0.3, 0.4) is 0 Å². The number of hydrogen-bond donors (Lipinski definition) is 3. The SMILES string of the molecule is CC(C)CCNCc1ccc2c(c1)OCCC2NC(=O)CC(NS(=O)(=O)c1cccc2c(N(C)C)cccc12)c1ccccc1. The Morgan fingerprint density at radius 1 is 0.956 bits per heavy atom. The fourth-order valence-electron chi connectivity index (χ4n) is 5.81. The first-order chi connectivity index (χ1) is 21.6. The van der Waals surface area contributed by atoms with Gasteiger partial charge in [0.25, 0.3) is 0 Å². The number of benzene rings is 4. The van der Waals surface area contributed by atoms with Crippen LogP contribution in [0.15, 0.2) is 89.8 Å². The van der Waals surface area contributed by atoms with Crippen LogP contribution >= 0.6 is 0 Å². The van der Waals surface area contributed by atoms with Crippen LogP contribution < -0.4 is 25.0 Å². The third-order valence-corrected chi connectivity index (χ3v) is 9.73. The smallest absolute Gasteiger partial charge is 0.241 e. The lowest BCUT2D eigenvalue weighted by molar-refractivity contribution is -0.122. The van der Waals surface area contributed by atoms with Crippen molar-refractivity contribution in [2.45, 2.75) is 56.6 Å². The molecule has 4 aromatic rings. The number of rotatable bonds is 13. The lowest BCUT2D eigenvalue weighted by Crippen LogP contribution is -2.36. The average Bonchev–Trinajstić information content (AvgIpc) is 3.02. The number of ether oxygens (including phenoxy) is 1. The van der Waals surface area contributed by atoms with E-state index in [2.05, 4.69) is 35.3 Å². The molecule has 1 heterocycles. The topological polar surface area (TPSA) is 99.8 Å². The second-order valence-corrected chi connectivity index (χ2v) is 14.0. The van der Waals surface area contributed by atoms with Gasteiger partial charge >= 0.3 is 0 Å². The van der Waals surface area contributed by atoms with Gasteiger partial charge in [-0.15, -0.1) is 0 Å². The van der Waals surface area contributed by atoms with Crippen molar-refractivity contribution in [3.8, 4) is 5.75 Å². The summed E-state index contributed by atoms with van der Waals surface area (Å²) in [6, 6.07) is 25.3. The maximum Gasteiger partial charge on any atom is 0.241 e. The Balaban J connectivity index is 1.33. The Kier molecular flexibility index (Phi) is 10.4. The molecule has 0 aliphatic carbocycles. The van der Waals surface area contributed by atoms with Crippen molar-refractivity contribution in [3.05, 3.63) is 102 Å². The molecule has 238 valence electrons. The summed E-state index contributed by atoms with van der Waals surface area (Å²) in [5.41, 5.74) is 3.71. The quantitative estimate of drug-likeness (QED) is 0.155. The predicted molar refractivity (Wildman–Crippen MR) is 181 cm³/mol. The molecule has 0 saturated heterocycles. The Morgan fingerprint density at radius 3 is 2.47 bits per heavy atom. The molecular weight excluding hydrogens is 584 g/mol. The molecule has 0 aromatic heterocycles. The molecule has 5 rings (SSSR count). The van der Waals surface area contributed by atoms with E-state index in [-0.39, 0.29) is 23.3 Å². The van der Waals surface area contributed by atoms with E-state index < -0.39 is 16.1 Å². The summed E-state index contributed by atoms with van der Waals surface area (Å²) < 4.78 is 36.7. The number of nitrogens with zero attached hydrogens (tertiary/aromatic N) is 1. The summed E-state index contributed by atoms with van der Waals surface area (Å²) in [6.07, 6.45) is 1.70. The summed E-state index contributed by atoms with van der Waals surface area (Å²) in [4.78, 5) is 15.7. The van der Waals surface area contributed by atoms with Crippen molar-refractivity contribution in [1.82, 2.24) is 15.4 Å². The highest BCUT2D eigenvalue weighted by Crippen LogP contribution is 2.34. The second-order valence-electron chi connectivity index (χ2n) is 12.3. The first-order valence-electron chi connectivity index (χ1n) is 15.6. The minimum Gasteiger partial charge on any atom is -0.493 e. The normalized spacial score (nSPS) is 15.4. The van der Waals surface area contributed by atoms with Gasteiger partial charge in [-0.3, -0.25) is 4.79 Å². The van der Waals surface area contributed by atoms with E-state index in [1.807, 2.05) is 85.7 Å². The highest BCUT2D eigenvalue weighted by atomic mass is 32.2. The molecule has 0 spiro atoms. The molecule has 2 unspecified atom stereocenters. The standard InChI is InChI=1S/C36H44N4O4S/c1-25(2)18-20-37-24-26-16-17-30-31(19-21-44-34(30)22-26)38-36(41)23-32(27-10-6-5-7-11-27)39-45(42,43)35-15-9-12-28-29(35)13-8-14-33(28)40(3)4/h5-17,22,25,31-32,37,39H,18-21,23-24H2,1-4H3,(H,38,41). The number of sulfonamides is 1. The van der Waals surface area contributed by atoms with Crippen molar-refractivity contribution < 1.29 is 17.9 Å². The molecular formula is C36H44N4O4S. The van der Waals surface area contributed by atoms with Gasteiger partial charge in [-0.1, -0.05) is 80.6 Å². The summed E-state index contributed by atoms with van der Waals surface area (Å²) in [5, 5.41) is 8.11. The summed E-state index contributed by atoms with van der Waals surface area (Å²) in [7, 11) is -0.136. The molecule has 1 amide bonds. The summed E-state index contributed by atoms with van der Waals surface area (Å²) in [6.45, 7) is 6.63. The maximum atomic E-state index is 13.9. The number of anilines is 1. The Bertz CT molecular complexity index is 1720. The molecule has 8 nitrogen and oxygen atoms in total. The van der Waals surface area contributed by atoms with Gasteiger partial charge in [0.1, 0.15) is 5.75 Å². The van der Waals surface area contributed by atoms with Crippen molar-refractivity contribution in [3.63, 3.8) is 0 Å². The van der Waals surface area contributed by atoms with E-state index in [0.717, 1.165) is 47.5 Å². The predicted octanol–water partition coefficient (Wildman–Crippen LogP) is 6.09. The van der Waals surface area contributed by atoms with Crippen LogP contribution in [-0.4, -0.2) is 41.6 Å². The van der Waals surface area contributed by atoms with E-state index >= 15 is 0 Å². The fourth-order valence-corrected chi connectivity index (χ4v) is 7.25. The fraction of sp³-hybridized carbons (Fsp3) is 0.361. The van der Waals surface area contributed by atoms with Gasteiger partial charge in [0.05, 0.1) is 23.6 Å². The third-order valence-electron chi connectivity index (χ3n) is 8.20. The van der Waals surface area contributed by atoms with Gasteiger partial charge in [-0.25, -0.2) is 13.1 Å². The van der Waals surface area contributed by atoms with E-state index in [0.29, 0.717) is 29.9 Å². The molecule has 0 radical (unpaired) electrons. The summed E-state index contributed by atoms with van der Waals surface area (Å²) in [5.74, 6) is 1.19. The first kappa shape index (κ1) is 32.5. The molecule has 2 atom stereocenters. The van der Waals surface area contributed by atoms with Crippen molar-refractivity contribution >= 4 is 32.4 Å². The van der Waals surface area contributed by atoms with Crippen LogP contribution in [0.4, 0.5) is 5.69 Å². The van der Waals surface area contributed by atoms with Gasteiger partial charge < -0.3 is 20.3 Å². The van der Waals surface area contributed by atoms with E-state index in [1.165, 1.54) is 0 Å². The van der Waals surface area contributed by atoms with Gasteiger partial charge in [0.15, 0.2) is 0 Å². The zero-order valence-electron chi connectivity index (χ0n) is 26.5. The van der Waals surface area contributed by atoms with Crippen molar-refractivity contribution in [2.24, 2.45) is 5.92 Å². The number of nitrogens with one attached hydrogen (secondary N) is 3. The van der Waals surface area contributed by atoms with E-state index in [9.17, 15) is 13.2 Å². The molecule has 4 aromatic carbocycles.